The second-order valence-electron chi connectivity index (χ2n) is 4.84. The van der Waals surface area contributed by atoms with Gasteiger partial charge in [0.05, 0.1) is 16.5 Å². The van der Waals surface area contributed by atoms with Crippen LogP contribution in [0.15, 0.2) is 18.2 Å². The molecule has 0 saturated carbocycles. The summed E-state index contributed by atoms with van der Waals surface area (Å²) in [5.41, 5.74) is 0.382. The molecule has 21 heavy (non-hydrogen) atoms. The molecule has 0 radical (unpaired) electrons. The molecular formula is C13H16Cl2N2O3S. The molecule has 116 valence electrons. The molecule has 2 rings (SSSR count). The van der Waals surface area contributed by atoms with Gasteiger partial charge in [-0.25, -0.2) is 12.7 Å². The van der Waals surface area contributed by atoms with E-state index in [2.05, 4.69) is 5.32 Å². The Morgan fingerprint density at radius 1 is 1.24 bits per heavy atom. The molecule has 0 atom stereocenters. The molecule has 5 nitrogen and oxygen atoms in total. The van der Waals surface area contributed by atoms with Gasteiger partial charge in [-0.05, 0) is 31.0 Å². The van der Waals surface area contributed by atoms with Crippen molar-refractivity contribution < 1.29 is 13.2 Å². The molecule has 0 aromatic heterocycles. The number of halogens is 2. The molecule has 1 heterocycles. The van der Waals surface area contributed by atoms with Gasteiger partial charge >= 0.3 is 0 Å². The zero-order valence-corrected chi connectivity index (χ0v) is 13.6. The fraction of sp³-hybridized carbons (Fsp3) is 0.462. The van der Waals surface area contributed by atoms with Gasteiger partial charge < -0.3 is 5.32 Å². The number of hydrogen-bond acceptors (Lipinski definition) is 3. The van der Waals surface area contributed by atoms with E-state index in [9.17, 15) is 13.2 Å². The maximum atomic E-state index is 12.0. The third kappa shape index (κ3) is 4.57. The van der Waals surface area contributed by atoms with Crippen molar-refractivity contribution in [3.05, 3.63) is 28.2 Å². The SMILES string of the molecule is O=C(CCS(=O)(=O)N1CCCC1)Nc1cc(Cl)ccc1Cl. The van der Waals surface area contributed by atoms with E-state index < -0.39 is 15.9 Å². The predicted molar refractivity (Wildman–Crippen MR) is 84.3 cm³/mol. The van der Waals surface area contributed by atoms with Crippen LogP contribution < -0.4 is 5.32 Å². The van der Waals surface area contributed by atoms with Crippen LogP contribution in [0.1, 0.15) is 19.3 Å². The van der Waals surface area contributed by atoms with Crippen LogP contribution in [0, 0.1) is 0 Å². The molecule has 1 aromatic carbocycles. The number of nitrogens with zero attached hydrogens (tertiary/aromatic N) is 1. The van der Waals surface area contributed by atoms with E-state index in [0.717, 1.165) is 12.8 Å². The predicted octanol–water partition coefficient (Wildman–Crippen LogP) is 2.75. The highest BCUT2D eigenvalue weighted by Crippen LogP contribution is 2.25. The first-order valence-electron chi connectivity index (χ1n) is 6.61. The third-order valence-electron chi connectivity index (χ3n) is 3.25. The molecule has 1 N–H and O–H groups in total. The Balaban J connectivity index is 1.91. The number of nitrogens with one attached hydrogen (secondary N) is 1. The van der Waals surface area contributed by atoms with Crippen LogP contribution in [0.4, 0.5) is 5.69 Å². The first-order chi connectivity index (χ1) is 9.88. The van der Waals surface area contributed by atoms with E-state index in [1.54, 1.807) is 12.1 Å². The van der Waals surface area contributed by atoms with E-state index in [4.69, 9.17) is 23.2 Å². The molecule has 1 fully saturated rings. The summed E-state index contributed by atoms with van der Waals surface area (Å²) in [7, 11) is -3.35. The summed E-state index contributed by atoms with van der Waals surface area (Å²) in [6.07, 6.45) is 1.65. The Bertz CT molecular complexity index is 628. The van der Waals surface area contributed by atoms with Gasteiger partial charge in [0.2, 0.25) is 15.9 Å². The number of anilines is 1. The lowest BCUT2D eigenvalue weighted by Gasteiger charge is -2.15. The van der Waals surface area contributed by atoms with Gasteiger partial charge in [-0.15, -0.1) is 0 Å². The monoisotopic (exact) mass is 350 g/mol. The van der Waals surface area contributed by atoms with Crippen LogP contribution in [-0.2, 0) is 14.8 Å². The lowest BCUT2D eigenvalue weighted by molar-refractivity contribution is -0.115. The summed E-state index contributed by atoms with van der Waals surface area (Å²) in [5.74, 6) is -0.598. The third-order valence-corrected chi connectivity index (χ3v) is 5.68. The molecule has 1 aliphatic heterocycles. The average molecular weight is 351 g/mol. The van der Waals surface area contributed by atoms with Crippen molar-refractivity contribution in [2.75, 3.05) is 24.2 Å². The van der Waals surface area contributed by atoms with Gasteiger partial charge in [-0.2, -0.15) is 0 Å². The van der Waals surface area contributed by atoms with Crippen molar-refractivity contribution in [2.24, 2.45) is 0 Å². The smallest absolute Gasteiger partial charge is 0.225 e. The topological polar surface area (TPSA) is 66.5 Å². The largest absolute Gasteiger partial charge is 0.325 e. The van der Waals surface area contributed by atoms with Crippen LogP contribution in [0.3, 0.4) is 0 Å². The Hall–Kier alpha value is -0.820. The van der Waals surface area contributed by atoms with Crippen LogP contribution in [0.25, 0.3) is 0 Å². The number of amides is 1. The highest BCUT2D eigenvalue weighted by Gasteiger charge is 2.25. The molecular weight excluding hydrogens is 335 g/mol. The maximum Gasteiger partial charge on any atom is 0.225 e. The van der Waals surface area contributed by atoms with Crippen molar-refractivity contribution in [3.8, 4) is 0 Å². The fourth-order valence-corrected chi connectivity index (χ4v) is 3.98. The summed E-state index contributed by atoms with van der Waals surface area (Å²) in [4.78, 5) is 11.8. The van der Waals surface area contributed by atoms with Gasteiger partial charge in [-0.1, -0.05) is 23.2 Å². The van der Waals surface area contributed by atoms with Gasteiger partial charge in [-0.3, -0.25) is 4.79 Å². The highest BCUT2D eigenvalue weighted by molar-refractivity contribution is 7.89. The molecule has 1 amide bonds. The number of carbonyl (C=O) groups is 1. The zero-order chi connectivity index (χ0) is 15.5. The van der Waals surface area contributed by atoms with Gasteiger partial charge in [0.15, 0.2) is 0 Å². The number of carbonyl (C=O) groups excluding carboxylic acids is 1. The molecule has 1 saturated heterocycles. The van der Waals surface area contributed by atoms with E-state index in [0.29, 0.717) is 28.8 Å². The number of rotatable bonds is 5. The summed E-state index contributed by atoms with van der Waals surface area (Å²) >= 11 is 11.8. The van der Waals surface area contributed by atoms with Crippen molar-refractivity contribution >= 4 is 44.8 Å². The zero-order valence-electron chi connectivity index (χ0n) is 11.3. The van der Waals surface area contributed by atoms with Crippen LogP contribution in [-0.4, -0.2) is 37.5 Å². The van der Waals surface area contributed by atoms with Crippen LogP contribution >= 0.6 is 23.2 Å². The molecule has 1 aromatic rings. The van der Waals surface area contributed by atoms with E-state index in [1.165, 1.54) is 10.4 Å². The van der Waals surface area contributed by atoms with Crippen molar-refractivity contribution in [1.29, 1.82) is 0 Å². The van der Waals surface area contributed by atoms with E-state index >= 15 is 0 Å². The van der Waals surface area contributed by atoms with Gasteiger partial charge in [0, 0.05) is 24.5 Å². The summed E-state index contributed by atoms with van der Waals surface area (Å²) < 4.78 is 25.5. The minimum Gasteiger partial charge on any atom is -0.325 e. The minimum absolute atomic E-state index is 0.109. The lowest BCUT2D eigenvalue weighted by atomic mass is 10.3. The molecule has 0 bridgehead atoms. The van der Waals surface area contributed by atoms with E-state index in [-0.39, 0.29) is 12.2 Å². The number of hydrogen-bond donors (Lipinski definition) is 1. The van der Waals surface area contributed by atoms with Crippen molar-refractivity contribution in [3.63, 3.8) is 0 Å². The van der Waals surface area contributed by atoms with Crippen LogP contribution in [0.2, 0.25) is 10.0 Å². The van der Waals surface area contributed by atoms with Gasteiger partial charge in [0.25, 0.3) is 0 Å². The van der Waals surface area contributed by atoms with Gasteiger partial charge in [0.1, 0.15) is 0 Å². The Morgan fingerprint density at radius 2 is 1.90 bits per heavy atom. The highest BCUT2D eigenvalue weighted by atomic mass is 35.5. The summed E-state index contributed by atoms with van der Waals surface area (Å²) in [6, 6.07) is 4.70. The first-order valence-corrected chi connectivity index (χ1v) is 8.98. The Kier molecular flexibility index (Phi) is 5.48. The summed E-state index contributed by atoms with van der Waals surface area (Å²) in [5, 5.41) is 3.38. The second-order valence-corrected chi connectivity index (χ2v) is 7.78. The summed E-state index contributed by atoms with van der Waals surface area (Å²) in [6.45, 7) is 1.09. The quantitative estimate of drug-likeness (QED) is 0.887. The second kappa shape index (κ2) is 6.96. The number of benzene rings is 1. The first kappa shape index (κ1) is 16.5. The van der Waals surface area contributed by atoms with Crippen LogP contribution in [0.5, 0.6) is 0 Å². The number of sulfonamides is 1. The molecule has 8 heteroatoms. The maximum absolute atomic E-state index is 12.0. The van der Waals surface area contributed by atoms with Crippen molar-refractivity contribution in [2.45, 2.75) is 19.3 Å². The molecule has 0 aliphatic carbocycles. The molecule has 0 unspecified atom stereocenters. The van der Waals surface area contributed by atoms with Crippen molar-refractivity contribution in [1.82, 2.24) is 4.31 Å². The average Bonchev–Trinajstić information content (AvgIpc) is 2.96. The normalized spacial score (nSPS) is 16.1. The standard InChI is InChI=1S/C13H16Cl2N2O3S/c14-10-3-4-11(15)12(9-10)16-13(18)5-8-21(19,20)17-6-1-2-7-17/h3-4,9H,1-2,5-8H2,(H,16,18). The van der Waals surface area contributed by atoms with E-state index in [1.807, 2.05) is 0 Å². The molecule has 0 spiro atoms. The lowest BCUT2D eigenvalue weighted by Crippen LogP contribution is -2.31. The molecule has 1 aliphatic rings. The minimum atomic E-state index is -3.35. The fourth-order valence-electron chi connectivity index (χ4n) is 2.12. The Labute approximate surface area is 134 Å². The Morgan fingerprint density at radius 3 is 2.57 bits per heavy atom.